The van der Waals surface area contributed by atoms with Crippen LogP contribution in [0.3, 0.4) is 0 Å². The smallest absolute Gasteiger partial charge is 0.255 e. The molecule has 0 unspecified atom stereocenters. The molecule has 0 aromatic heterocycles. The third kappa shape index (κ3) is 0.956. The molecule has 1 rings (SSSR count). The first-order chi connectivity index (χ1) is 5.46. The highest BCUT2D eigenvalue weighted by Crippen LogP contribution is 2.30. The van der Waals surface area contributed by atoms with Gasteiger partial charge in [-0.3, -0.25) is 5.11 Å². The van der Waals surface area contributed by atoms with Crippen LogP contribution in [0.1, 0.15) is 0 Å². The first-order valence-electron chi connectivity index (χ1n) is 2.75. The minimum atomic E-state index is -2.01. The molecule has 1 aromatic rings. The van der Waals surface area contributed by atoms with E-state index in [4.69, 9.17) is 0 Å². The van der Waals surface area contributed by atoms with Crippen molar-refractivity contribution in [2.45, 2.75) is 0 Å². The lowest BCUT2D eigenvalue weighted by Crippen LogP contribution is -2.02. The van der Waals surface area contributed by atoms with E-state index in [1.54, 1.807) is 0 Å². The van der Waals surface area contributed by atoms with Crippen molar-refractivity contribution >= 4 is 5.69 Å². The highest BCUT2D eigenvalue weighted by molar-refractivity contribution is 5.46. The van der Waals surface area contributed by atoms with Gasteiger partial charge in [-0.05, 0) is 0 Å². The average Bonchev–Trinajstić information content (AvgIpc) is 2.08. The van der Waals surface area contributed by atoms with Gasteiger partial charge in [0.2, 0.25) is 11.6 Å². The molecule has 0 amide bonds. The van der Waals surface area contributed by atoms with Crippen molar-refractivity contribution in [3.05, 3.63) is 23.3 Å². The van der Waals surface area contributed by atoms with Gasteiger partial charge in [0.1, 0.15) is 5.69 Å². The molecule has 0 heterocycles. The standard InChI is InChI=1S/C6H2F4NO/c7-1-3(9)6(12)4(10)2(8)5(1)11/h11H2. The van der Waals surface area contributed by atoms with E-state index in [9.17, 15) is 22.7 Å². The van der Waals surface area contributed by atoms with Gasteiger partial charge in [-0.1, -0.05) is 0 Å². The Kier molecular flexibility index (Phi) is 1.83. The molecule has 2 nitrogen and oxygen atoms in total. The summed E-state index contributed by atoms with van der Waals surface area (Å²) in [5.74, 6) is -9.70. The summed E-state index contributed by atoms with van der Waals surface area (Å²) in [6.07, 6.45) is 0. The molecule has 65 valence electrons. The van der Waals surface area contributed by atoms with Crippen LogP contribution in [0, 0.1) is 23.3 Å². The average molecular weight is 180 g/mol. The second-order valence-electron chi connectivity index (χ2n) is 2.00. The number of hydrogen-bond acceptors (Lipinski definition) is 1. The Morgan fingerprint density at radius 3 is 1.50 bits per heavy atom. The van der Waals surface area contributed by atoms with Gasteiger partial charge < -0.3 is 5.73 Å². The SMILES string of the molecule is Nc1c(F)c(F)c([O])c(F)c1F. The lowest BCUT2D eigenvalue weighted by molar-refractivity contribution is 0.288. The highest BCUT2D eigenvalue weighted by atomic mass is 19.2. The minimum absolute atomic E-state index is 1.33. The lowest BCUT2D eigenvalue weighted by atomic mass is 10.2. The number of halogens is 4. The summed E-state index contributed by atoms with van der Waals surface area (Å²) in [7, 11) is 0. The fourth-order valence-electron chi connectivity index (χ4n) is 0.629. The maximum atomic E-state index is 12.3. The quantitative estimate of drug-likeness (QED) is 0.370. The van der Waals surface area contributed by atoms with Crippen molar-refractivity contribution in [2.75, 3.05) is 5.73 Å². The van der Waals surface area contributed by atoms with E-state index in [0.29, 0.717) is 0 Å². The lowest BCUT2D eigenvalue weighted by Gasteiger charge is -2.01. The van der Waals surface area contributed by atoms with Gasteiger partial charge in [-0.2, -0.15) is 8.78 Å². The molecule has 6 heteroatoms. The van der Waals surface area contributed by atoms with Crippen LogP contribution < -0.4 is 5.73 Å². The van der Waals surface area contributed by atoms with Crippen LogP contribution in [0.25, 0.3) is 0 Å². The molecule has 0 aliphatic rings. The van der Waals surface area contributed by atoms with Crippen LogP contribution >= 0.6 is 0 Å². The van der Waals surface area contributed by atoms with E-state index in [-0.39, 0.29) is 0 Å². The van der Waals surface area contributed by atoms with Gasteiger partial charge in [0.25, 0.3) is 5.75 Å². The zero-order valence-corrected chi connectivity index (χ0v) is 5.50. The van der Waals surface area contributed by atoms with Crippen LogP contribution in [0.4, 0.5) is 23.2 Å². The normalized spacial score (nSPS) is 10.3. The fraction of sp³-hybridized carbons (Fsp3) is 0. The Balaban J connectivity index is 3.60. The van der Waals surface area contributed by atoms with E-state index in [1.807, 2.05) is 0 Å². The number of nitrogen functional groups attached to an aromatic ring is 1. The van der Waals surface area contributed by atoms with Crippen LogP contribution in [-0.2, 0) is 5.11 Å². The number of hydrogen-bond donors (Lipinski definition) is 1. The molecule has 0 saturated carbocycles. The summed E-state index contributed by atoms with van der Waals surface area (Å²) in [5, 5.41) is 10.3. The van der Waals surface area contributed by atoms with Gasteiger partial charge in [-0.15, -0.1) is 0 Å². The van der Waals surface area contributed by atoms with E-state index >= 15 is 0 Å². The van der Waals surface area contributed by atoms with Gasteiger partial charge in [0.05, 0.1) is 0 Å². The molecule has 0 saturated heterocycles. The molecule has 0 spiro atoms. The van der Waals surface area contributed by atoms with Crippen molar-refractivity contribution in [3.8, 4) is 5.75 Å². The summed E-state index contributed by atoms with van der Waals surface area (Å²) >= 11 is 0. The molecule has 2 N–H and O–H groups in total. The first kappa shape index (κ1) is 8.63. The molecular formula is C6H2F4NO. The third-order valence-corrected chi connectivity index (χ3v) is 1.26. The molecule has 1 aromatic carbocycles. The number of nitrogens with two attached hydrogens (primary N) is 1. The van der Waals surface area contributed by atoms with Crippen molar-refractivity contribution in [2.24, 2.45) is 0 Å². The zero-order chi connectivity index (χ0) is 9.46. The summed E-state index contributed by atoms with van der Waals surface area (Å²) < 4.78 is 49.2. The summed E-state index contributed by atoms with van der Waals surface area (Å²) in [4.78, 5) is 0. The van der Waals surface area contributed by atoms with E-state index < -0.39 is 34.7 Å². The topological polar surface area (TPSA) is 45.9 Å². The van der Waals surface area contributed by atoms with Crippen LogP contribution in [0.2, 0.25) is 0 Å². The molecule has 0 aliphatic carbocycles. The van der Waals surface area contributed by atoms with E-state index in [1.165, 1.54) is 0 Å². The highest BCUT2D eigenvalue weighted by Gasteiger charge is 2.24. The van der Waals surface area contributed by atoms with Crippen molar-refractivity contribution < 1.29 is 22.7 Å². The Labute approximate surface area is 64.2 Å². The number of rotatable bonds is 0. The zero-order valence-electron chi connectivity index (χ0n) is 5.50. The second-order valence-corrected chi connectivity index (χ2v) is 2.00. The van der Waals surface area contributed by atoms with Crippen molar-refractivity contribution in [1.29, 1.82) is 0 Å². The number of benzene rings is 1. The Bertz CT molecular complexity index is 234. The summed E-state index contributed by atoms with van der Waals surface area (Å²) in [6.45, 7) is 0. The van der Waals surface area contributed by atoms with Crippen LogP contribution in [0.15, 0.2) is 0 Å². The number of anilines is 1. The predicted octanol–water partition coefficient (Wildman–Crippen LogP) is 1.97. The monoisotopic (exact) mass is 180 g/mol. The second kappa shape index (κ2) is 2.54. The largest absolute Gasteiger partial charge is 0.394 e. The Hall–Kier alpha value is -1.46. The maximum absolute atomic E-state index is 12.3. The minimum Gasteiger partial charge on any atom is -0.394 e. The molecular weight excluding hydrogens is 178 g/mol. The maximum Gasteiger partial charge on any atom is 0.255 e. The van der Waals surface area contributed by atoms with E-state index in [0.717, 1.165) is 0 Å². The molecule has 1 radical (unpaired) electrons. The molecule has 0 bridgehead atoms. The summed E-state index contributed by atoms with van der Waals surface area (Å²) in [6, 6.07) is 0. The Morgan fingerprint density at radius 2 is 1.17 bits per heavy atom. The van der Waals surface area contributed by atoms with Crippen molar-refractivity contribution in [1.82, 2.24) is 0 Å². The van der Waals surface area contributed by atoms with Gasteiger partial charge in [0.15, 0.2) is 11.6 Å². The van der Waals surface area contributed by atoms with Gasteiger partial charge >= 0.3 is 0 Å². The van der Waals surface area contributed by atoms with Crippen molar-refractivity contribution in [3.63, 3.8) is 0 Å². The van der Waals surface area contributed by atoms with Crippen LogP contribution in [0.5, 0.6) is 5.75 Å². The third-order valence-electron chi connectivity index (χ3n) is 1.26. The molecule has 12 heavy (non-hydrogen) atoms. The molecule has 0 fully saturated rings. The van der Waals surface area contributed by atoms with Gasteiger partial charge in [-0.25, -0.2) is 8.78 Å². The first-order valence-corrected chi connectivity index (χ1v) is 2.75. The van der Waals surface area contributed by atoms with Gasteiger partial charge in [0, 0.05) is 0 Å². The predicted molar refractivity (Wildman–Crippen MR) is 30.8 cm³/mol. The van der Waals surface area contributed by atoms with E-state index in [2.05, 4.69) is 5.73 Å². The molecule has 0 aliphatic heterocycles. The fourth-order valence-corrected chi connectivity index (χ4v) is 0.629. The Morgan fingerprint density at radius 1 is 0.833 bits per heavy atom. The van der Waals surface area contributed by atoms with Crippen LogP contribution in [-0.4, -0.2) is 0 Å². The molecule has 0 atom stereocenters. The summed E-state index contributed by atoms with van der Waals surface area (Å²) in [5.41, 5.74) is 3.25.